The molecule has 0 spiro atoms. The summed E-state index contributed by atoms with van der Waals surface area (Å²) in [6.45, 7) is 8.39. The Kier molecular flexibility index (Phi) is 4.62. The van der Waals surface area contributed by atoms with Gasteiger partial charge >= 0.3 is 0 Å². The maximum Gasteiger partial charge on any atom is 0.243 e. The highest BCUT2D eigenvalue weighted by atomic mass is 79.9. The third-order valence-corrected chi connectivity index (χ3v) is 7.64. The average Bonchev–Trinajstić information content (AvgIpc) is 2.36. The first-order valence-corrected chi connectivity index (χ1v) is 9.28. The van der Waals surface area contributed by atoms with Gasteiger partial charge in [0.2, 0.25) is 10.0 Å². The van der Waals surface area contributed by atoms with E-state index in [1.807, 2.05) is 33.8 Å². The van der Waals surface area contributed by atoms with Gasteiger partial charge in [0.15, 0.2) is 0 Å². The number of sulfonamides is 1. The van der Waals surface area contributed by atoms with Crippen LogP contribution in [0.25, 0.3) is 0 Å². The summed E-state index contributed by atoms with van der Waals surface area (Å²) in [5, 5.41) is 0. The van der Waals surface area contributed by atoms with Gasteiger partial charge in [-0.3, -0.25) is 0 Å². The van der Waals surface area contributed by atoms with Gasteiger partial charge in [0.25, 0.3) is 0 Å². The molecule has 0 amide bonds. The number of rotatable bonds is 2. The first-order chi connectivity index (χ1) is 9.26. The zero-order chi connectivity index (χ0) is 15.1. The van der Waals surface area contributed by atoms with Crippen LogP contribution in [-0.4, -0.2) is 25.3 Å². The monoisotopic (exact) mass is 359 g/mol. The summed E-state index contributed by atoms with van der Waals surface area (Å²) in [4.78, 5) is 0.476. The first-order valence-electron chi connectivity index (χ1n) is 7.05. The van der Waals surface area contributed by atoms with Crippen molar-refractivity contribution in [2.45, 2.75) is 57.9 Å². The molecule has 1 fully saturated rings. The summed E-state index contributed by atoms with van der Waals surface area (Å²) < 4.78 is 28.6. The molecule has 1 aliphatic heterocycles. The normalized spacial score (nSPS) is 21.1. The topological polar surface area (TPSA) is 37.4 Å². The molecule has 0 N–H and O–H groups in total. The van der Waals surface area contributed by atoms with Crippen LogP contribution in [0.5, 0.6) is 0 Å². The number of nitrogens with zero attached hydrogens (tertiary/aromatic N) is 1. The SMILES string of the molecule is Cc1cc(C)c(S(=O)(=O)N2CCCC[C@@H]2C)c(C)c1Br. The molecule has 1 aromatic carbocycles. The second-order valence-electron chi connectivity index (χ2n) is 5.74. The number of halogens is 1. The second kappa shape index (κ2) is 5.78. The lowest BCUT2D eigenvalue weighted by Crippen LogP contribution is -2.42. The van der Waals surface area contributed by atoms with Gasteiger partial charge in [-0.1, -0.05) is 28.4 Å². The van der Waals surface area contributed by atoms with E-state index in [2.05, 4.69) is 15.9 Å². The average molecular weight is 360 g/mol. The Balaban J connectivity index is 2.58. The molecule has 0 aliphatic carbocycles. The molecule has 3 nitrogen and oxygen atoms in total. The fourth-order valence-corrected chi connectivity index (χ4v) is 5.67. The van der Waals surface area contributed by atoms with Crippen LogP contribution in [0, 0.1) is 20.8 Å². The molecule has 1 atom stereocenters. The highest BCUT2D eigenvalue weighted by Crippen LogP contribution is 2.34. The molecule has 0 aromatic heterocycles. The lowest BCUT2D eigenvalue weighted by molar-refractivity contribution is 0.268. The van der Waals surface area contributed by atoms with E-state index in [0.717, 1.165) is 40.4 Å². The maximum absolute atomic E-state index is 13.0. The predicted octanol–water partition coefficient (Wildman–Crippen LogP) is 3.94. The highest BCUT2D eigenvalue weighted by molar-refractivity contribution is 9.10. The number of piperidine rings is 1. The van der Waals surface area contributed by atoms with Gasteiger partial charge in [0, 0.05) is 17.1 Å². The van der Waals surface area contributed by atoms with Gasteiger partial charge in [0.05, 0.1) is 4.90 Å². The molecule has 1 saturated heterocycles. The number of hydrogen-bond acceptors (Lipinski definition) is 2. The number of aryl methyl sites for hydroxylation is 2. The van der Waals surface area contributed by atoms with E-state index in [0.29, 0.717) is 11.4 Å². The molecular weight excluding hydrogens is 338 g/mol. The minimum atomic E-state index is -3.41. The predicted molar refractivity (Wildman–Crippen MR) is 85.6 cm³/mol. The summed E-state index contributed by atoms with van der Waals surface area (Å²) in [5.41, 5.74) is 2.73. The minimum absolute atomic E-state index is 0.0904. The van der Waals surface area contributed by atoms with Crippen LogP contribution in [0.1, 0.15) is 42.9 Å². The molecule has 1 aliphatic rings. The second-order valence-corrected chi connectivity index (χ2v) is 8.36. The molecule has 5 heteroatoms. The molecular formula is C15H22BrNO2S. The fourth-order valence-electron chi connectivity index (χ4n) is 3.09. The van der Waals surface area contributed by atoms with E-state index in [-0.39, 0.29) is 6.04 Å². The van der Waals surface area contributed by atoms with Crippen LogP contribution in [-0.2, 0) is 10.0 Å². The Morgan fingerprint density at radius 1 is 1.20 bits per heavy atom. The summed E-state index contributed by atoms with van der Waals surface area (Å²) in [6, 6.07) is 2.03. The van der Waals surface area contributed by atoms with Crippen LogP contribution < -0.4 is 0 Å². The van der Waals surface area contributed by atoms with Gasteiger partial charge in [0.1, 0.15) is 0 Å². The van der Waals surface area contributed by atoms with Crippen molar-refractivity contribution in [2.24, 2.45) is 0 Å². The van der Waals surface area contributed by atoms with E-state index in [1.54, 1.807) is 4.31 Å². The van der Waals surface area contributed by atoms with Crippen LogP contribution in [0.2, 0.25) is 0 Å². The Morgan fingerprint density at radius 2 is 1.85 bits per heavy atom. The third-order valence-electron chi connectivity index (χ3n) is 4.12. The molecule has 112 valence electrons. The molecule has 0 bridgehead atoms. The zero-order valence-corrected chi connectivity index (χ0v) is 14.9. The standard InChI is InChI=1S/C15H22BrNO2S/c1-10-9-11(2)15(13(4)14(10)16)20(18,19)17-8-6-5-7-12(17)3/h9,12H,5-8H2,1-4H3/t12-/m0/s1. The lowest BCUT2D eigenvalue weighted by atomic mass is 10.1. The molecule has 0 radical (unpaired) electrons. The van der Waals surface area contributed by atoms with Crippen molar-refractivity contribution in [3.63, 3.8) is 0 Å². The van der Waals surface area contributed by atoms with E-state index in [4.69, 9.17) is 0 Å². The molecule has 20 heavy (non-hydrogen) atoms. The van der Waals surface area contributed by atoms with Crippen molar-refractivity contribution in [3.05, 3.63) is 27.2 Å². The summed E-state index contributed by atoms with van der Waals surface area (Å²) in [7, 11) is -3.41. The third kappa shape index (κ3) is 2.68. The highest BCUT2D eigenvalue weighted by Gasteiger charge is 2.33. The van der Waals surface area contributed by atoms with Gasteiger partial charge in [-0.2, -0.15) is 4.31 Å². The van der Waals surface area contributed by atoms with Gasteiger partial charge in [-0.15, -0.1) is 0 Å². The fraction of sp³-hybridized carbons (Fsp3) is 0.600. The summed E-state index contributed by atoms with van der Waals surface area (Å²) in [6.07, 6.45) is 3.02. The summed E-state index contributed by atoms with van der Waals surface area (Å²) >= 11 is 3.51. The zero-order valence-electron chi connectivity index (χ0n) is 12.5. The van der Waals surface area contributed by atoms with Crippen LogP contribution in [0.15, 0.2) is 15.4 Å². The molecule has 1 heterocycles. The Labute approximate surface area is 130 Å². The van der Waals surface area contributed by atoms with E-state index >= 15 is 0 Å². The van der Waals surface area contributed by atoms with Crippen molar-refractivity contribution in [3.8, 4) is 0 Å². The molecule has 0 saturated carbocycles. The maximum atomic E-state index is 13.0. The largest absolute Gasteiger partial charge is 0.243 e. The van der Waals surface area contributed by atoms with E-state index in [9.17, 15) is 8.42 Å². The first kappa shape index (κ1) is 16.0. The van der Waals surface area contributed by atoms with E-state index < -0.39 is 10.0 Å². The molecule has 2 rings (SSSR count). The van der Waals surface area contributed by atoms with Crippen molar-refractivity contribution >= 4 is 26.0 Å². The van der Waals surface area contributed by atoms with Crippen LogP contribution in [0.4, 0.5) is 0 Å². The Hall–Kier alpha value is -0.390. The summed E-state index contributed by atoms with van der Waals surface area (Å²) in [5.74, 6) is 0. The lowest BCUT2D eigenvalue weighted by Gasteiger charge is -2.33. The Morgan fingerprint density at radius 3 is 2.45 bits per heavy atom. The molecule has 1 aromatic rings. The quantitative estimate of drug-likeness (QED) is 0.801. The van der Waals surface area contributed by atoms with E-state index in [1.165, 1.54) is 0 Å². The number of benzene rings is 1. The van der Waals surface area contributed by atoms with Crippen molar-refractivity contribution in [1.29, 1.82) is 0 Å². The van der Waals surface area contributed by atoms with Crippen molar-refractivity contribution in [1.82, 2.24) is 4.31 Å². The van der Waals surface area contributed by atoms with Crippen LogP contribution in [0.3, 0.4) is 0 Å². The minimum Gasteiger partial charge on any atom is -0.207 e. The van der Waals surface area contributed by atoms with Gasteiger partial charge in [-0.25, -0.2) is 8.42 Å². The smallest absolute Gasteiger partial charge is 0.207 e. The number of hydrogen-bond donors (Lipinski definition) is 0. The van der Waals surface area contributed by atoms with Crippen molar-refractivity contribution < 1.29 is 8.42 Å². The van der Waals surface area contributed by atoms with Gasteiger partial charge in [-0.05, 0) is 57.2 Å². The Bertz CT molecular complexity index is 625. The van der Waals surface area contributed by atoms with Gasteiger partial charge < -0.3 is 0 Å². The molecule has 0 unspecified atom stereocenters. The van der Waals surface area contributed by atoms with Crippen molar-refractivity contribution in [2.75, 3.05) is 6.54 Å². The van der Waals surface area contributed by atoms with Crippen LogP contribution >= 0.6 is 15.9 Å².